The van der Waals surface area contributed by atoms with Crippen LogP contribution in [0.2, 0.25) is 0 Å². The molecule has 1 heterocycles. The van der Waals surface area contributed by atoms with Crippen LogP contribution in [-0.2, 0) is 16.6 Å². The number of hydrogen-bond donors (Lipinski definition) is 2. The van der Waals surface area contributed by atoms with Gasteiger partial charge in [-0.1, -0.05) is 26.0 Å². The molecule has 0 bridgehead atoms. The second kappa shape index (κ2) is 7.98. The molecule has 0 aliphatic carbocycles. The molecule has 0 saturated carbocycles. The zero-order valence-electron chi connectivity index (χ0n) is 14.9. The zero-order chi connectivity index (χ0) is 17.7. The summed E-state index contributed by atoms with van der Waals surface area (Å²) < 4.78 is 25.8. The van der Waals surface area contributed by atoms with Gasteiger partial charge in [-0.15, -0.1) is 0 Å². The predicted molar refractivity (Wildman–Crippen MR) is 97.4 cm³/mol. The maximum atomic E-state index is 11.7. The van der Waals surface area contributed by atoms with Crippen LogP contribution in [-0.4, -0.2) is 46.5 Å². The van der Waals surface area contributed by atoms with Crippen molar-refractivity contribution >= 4 is 16.0 Å². The van der Waals surface area contributed by atoms with Gasteiger partial charge < -0.3 is 10.2 Å². The summed E-state index contributed by atoms with van der Waals surface area (Å²) in [5, 5.41) is 3.38. The summed E-state index contributed by atoms with van der Waals surface area (Å²) in [5.74, 6) is 2.23. The Balaban J connectivity index is 1.99. The molecule has 2 rings (SSSR count). The zero-order valence-corrected chi connectivity index (χ0v) is 15.7. The van der Waals surface area contributed by atoms with Crippen molar-refractivity contribution in [1.29, 1.82) is 0 Å². The van der Waals surface area contributed by atoms with Gasteiger partial charge in [0.15, 0.2) is 5.96 Å². The van der Waals surface area contributed by atoms with Crippen LogP contribution in [0.1, 0.15) is 25.8 Å². The van der Waals surface area contributed by atoms with Crippen LogP contribution in [0.4, 0.5) is 0 Å². The Hall–Kier alpha value is -1.60. The number of nitrogens with zero attached hydrogens (tertiary/aromatic N) is 2. The van der Waals surface area contributed by atoms with Gasteiger partial charge in [-0.05, 0) is 43.0 Å². The predicted octanol–water partition coefficient (Wildman–Crippen LogP) is 1.65. The average Bonchev–Trinajstić information content (AvgIpc) is 2.55. The molecule has 1 aliphatic rings. The van der Waals surface area contributed by atoms with Crippen LogP contribution in [0.5, 0.6) is 0 Å². The molecule has 1 aromatic carbocycles. The summed E-state index contributed by atoms with van der Waals surface area (Å²) in [5.41, 5.74) is 1.02. The second-order valence-electron chi connectivity index (χ2n) is 6.60. The maximum absolute atomic E-state index is 11.7. The summed E-state index contributed by atoms with van der Waals surface area (Å²) in [4.78, 5) is 6.97. The summed E-state index contributed by atoms with van der Waals surface area (Å²) in [7, 11) is -0.170. The van der Waals surface area contributed by atoms with E-state index < -0.39 is 10.0 Å². The number of benzene rings is 1. The first-order chi connectivity index (χ1) is 11.4. The van der Waals surface area contributed by atoms with E-state index in [4.69, 9.17) is 0 Å². The number of guanidine groups is 1. The molecular weight excluding hydrogens is 324 g/mol. The third-order valence-electron chi connectivity index (χ3n) is 4.33. The van der Waals surface area contributed by atoms with Gasteiger partial charge in [0.25, 0.3) is 0 Å². The van der Waals surface area contributed by atoms with Gasteiger partial charge in [0.05, 0.1) is 4.90 Å². The Labute approximate surface area is 145 Å². The van der Waals surface area contributed by atoms with Gasteiger partial charge in [0.2, 0.25) is 10.0 Å². The fourth-order valence-electron chi connectivity index (χ4n) is 3.25. The first-order valence-corrected chi connectivity index (χ1v) is 9.82. The average molecular weight is 353 g/mol. The molecule has 1 aliphatic heterocycles. The van der Waals surface area contributed by atoms with Gasteiger partial charge in [-0.3, -0.25) is 4.99 Å². The molecule has 0 amide bonds. The Morgan fingerprint density at radius 1 is 1.21 bits per heavy atom. The molecule has 2 unspecified atom stereocenters. The highest BCUT2D eigenvalue weighted by atomic mass is 32.2. The molecule has 0 aromatic heterocycles. The number of rotatable bonds is 4. The topological polar surface area (TPSA) is 73.8 Å². The molecular formula is C17H28N4O2S. The molecule has 2 N–H and O–H groups in total. The quantitative estimate of drug-likeness (QED) is 0.638. The van der Waals surface area contributed by atoms with Crippen LogP contribution >= 0.6 is 0 Å². The van der Waals surface area contributed by atoms with Crippen molar-refractivity contribution in [1.82, 2.24) is 14.9 Å². The monoisotopic (exact) mass is 352 g/mol. The van der Waals surface area contributed by atoms with Crippen LogP contribution in [0.25, 0.3) is 0 Å². The second-order valence-corrected chi connectivity index (χ2v) is 8.49. The Morgan fingerprint density at radius 2 is 1.79 bits per heavy atom. The van der Waals surface area contributed by atoms with Crippen molar-refractivity contribution in [3.8, 4) is 0 Å². The maximum Gasteiger partial charge on any atom is 0.240 e. The van der Waals surface area contributed by atoms with Crippen LogP contribution in [0, 0.1) is 11.8 Å². The van der Waals surface area contributed by atoms with E-state index in [1.165, 1.54) is 13.5 Å². The molecule has 6 nitrogen and oxygen atoms in total. The highest BCUT2D eigenvalue weighted by Crippen LogP contribution is 2.21. The van der Waals surface area contributed by atoms with E-state index in [1.807, 2.05) is 12.1 Å². The highest BCUT2D eigenvalue weighted by Gasteiger charge is 2.23. The van der Waals surface area contributed by atoms with E-state index in [1.54, 1.807) is 19.2 Å². The Bertz CT molecular complexity index is 660. The van der Waals surface area contributed by atoms with Crippen molar-refractivity contribution in [2.75, 3.05) is 27.2 Å². The Kier molecular flexibility index (Phi) is 6.23. The van der Waals surface area contributed by atoms with E-state index in [-0.39, 0.29) is 4.90 Å². The number of aliphatic imine (C=N–C) groups is 1. The number of hydrogen-bond acceptors (Lipinski definition) is 3. The minimum Gasteiger partial charge on any atom is -0.352 e. The minimum absolute atomic E-state index is 0.275. The molecule has 1 aromatic rings. The first-order valence-electron chi connectivity index (χ1n) is 8.33. The van der Waals surface area contributed by atoms with E-state index in [9.17, 15) is 8.42 Å². The molecule has 24 heavy (non-hydrogen) atoms. The van der Waals surface area contributed by atoms with Crippen molar-refractivity contribution in [3.63, 3.8) is 0 Å². The Morgan fingerprint density at radius 3 is 2.29 bits per heavy atom. The van der Waals surface area contributed by atoms with Gasteiger partial charge in [-0.25, -0.2) is 13.1 Å². The number of sulfonamides is 1. The molecule has 1 fully saturated rings. The first kappa shape index (κ1) is 18.7. The highest BCUT2D eigenvalue weighted by molar-refractivity contribution is 7.89. The third kappa shape index (κ3) is 4.70. The standard InChI is InChI=1S/C17H28N4O2S/c1-13-9-14(2)12-21(11-13)17(18-3)20-10-15-5-7-16(8-6-15)24(22,23)19-4/h5-8,13-14,19H,9-12H2,1-4H3,(H,18,20). The summed E-state index contributed by atoms with van der Waals surface area (Å²) in [6.07, 6.45) is 1.26. The van der Waals surface area contributed by atoms with Crippen LogP contribution in [0.15, 0.2) is 34.2 Å². The molecule has 2 atom stereocenters. The van der Waals surface area contributed by atoms with Gasteiger partial charge in [-0.2, -0.15) is 0 Å². The number of likely N-dealkylation sites (tertiary alicyclic amines) is 1. The lowest BCUT2D eigenvalue weighted by molar-refractivity contribution is 0.208. The van der Waals surface area contributed by atoms with Crippen molar-refractivity contribution < 1.29 is 8.42 Å². The van der Waals surface area contributed by atoms with Crippen molar-refractivity contribution in [2.24, 2.45) is 16.8 Å². The van der Waals surface area contributed by atoms with E-state index >= 15 is 0 Å². The normalized spacial score (nSPS) is 22.5. The van der Waals surface area contributed by atoms with E-state index in [0.29, 0.717) is 18.4 Å². The summed E-state index contributed by atoms with van der Waals surface area (Å²) in [6.45, 7) is 7.20. The summed E-state index contributed by atoms with van der Waals surface area (Å²) in [6, 6.07) is 6.89. The molecule has 1 saturated heterocycles. The van der Waals surface area contributed by atoms with Crippen LogP contribution < -0.4 is 10.0 Å². The third-order valence-corrected chi connectivity index (χ3v) is 5.76. The lowest BCUT2D eigenvalue weighted by Crippen LogP contribution is -2.48. The lowest BCUT2D eigenvalue weighted by Gasteiger charge is -2.37. The number of nitrogens with one attached hydrogen (secondary N) is 2. The molecule has 134 valence electrons. The molecule has 0 radical (unpaired) electrons. The van der Waals surface area contributed by atoms with Gasteiger partial charge >= 0.3 is 0 Å². The van der Waals surface area contributed by atoms with Crippen LogP contribution in [0.3, 0.4) is 0 Å². The van der Waals surface area contributed by atoms with E-state index in [2.05, 4.69) is 33.8 Å². The molecule has 7 heteroatoms. The largest absolute Gasteiger partial charge is 0.352 e. The fourth-order valence-corrected chi connectivity index (χ4v) is 3.98. The van der Waals surface area contributed by atoms with Crippen molar-refractivity contribution in [3.05, 3.63) is 29.8 Å². The van der Waals surface area contributed by atoms with Crippen molar-refractivity contribution in [2.45, 2.75) is 31.7 Å². The minimum atomic E-state index is -3.38. The lowest BCUT2D eigenvalue weighted by atomic mass is 9.92. The smallest absolute Gasteiger partial charge is 0.240 e. The molecule has 0 spiro atoms. The van der Waals surface area contributed by atoms with E-state index in [0.717, 1.165) is 24.6 Å². The number of piperidine rings is 1. The van der Waals surface area contributed by atoms with Gasteiger partial charge in [0.1, 0.15) is 0 Å². The summed E-state index contributed by atoms with van der Waals surface area (Å²) >= 11 is 0. The van der Waals surface area contributed by atoms with Gasteiger partial charge in [0, 0.05) is 26.7 Å². The fraction of sp³-hybridized carbons (Fsp3) is 0.588. The SMILES string of the molecule is CN=C(NCc1ccc(S(=O)(=O)NC)cc1)N1CC(C)CC(C)C1.